The number of fused-ring (bicyclic) bond motifs is 1. The Bertz CT molecular complexity index is 830. The van der Waals surface area contributed by atoms with E-state index in [-0.39, 0.29) is 12.5 Å². The van der Waals surface area contributed by atoms with Gasteiger partial charge in [0, 0.05) is 17.9 Å². The largest absolute Gasteiger partial charge is 0.493 e. The SMILES string of the molecule is C/C=C/c1ccc(OCC(=O)N2CCCc3c(N)cccc32)c(OC)c1. The van der Waals surface area contributed by atoms with E-state index in [9.17, 15) is 4.79 Å². The van der Waals surface area contributed by atoms with Crippen LogP contribution in [-0.4, -0.2) is 26.2 Å². The number of benzene rings is 2. The van der Waals surface area contributed by atoms with Crippen molar-refractivity contribution in [2.75, 3.05) is 30.9 Å². The minimum absolute atomic E-state index is 0.0481. The lowest BCUT2D eigenvalue weighted by atomic mass is 10.00. The van der Waals surface area contributed by atoms with Crippen molar-refractivity contribution in [2.45, 2.75) is 19.8 Å². The lowest BCUT2D eigenvalue weighted by Gasteiger charge is -2.30. The van der Waals surface area contributed by atoms with E-state index in [0.717, 1.165) is 35.3 Å². The Morgan fingerprint density at radius 3 is 2.88 bits per heavy atom. The Morgan fingerprint density at radius 1 is 1.27 bits per heavy atom. The van der Waals surface area contributed by atoms with Crippen LogP contribution in [0, 0.1) is 0 Å². The average molecular weight is 352 g/mol. The van der Waals surface area contributed by atoms with Crippen LogP contribution in [0.2, 0.25) is 0 Å². The molecule has 0 aliphatic carbocycles. The van der Waals surface area contributed by atoms with Gasteiger partial charge in [-0.1, -0.05) is 24.3 Å². The Labute approximate surface area is 154 Å². The average Bonchev–Trinajstić information content (AvgIpc) is 2.66. The van der Waals surface area contributed by atoms with Crippen LogP contribution in [0.15, 0.2) is 42.5 Å². The van der Waals surface area contributed by atoms with Gasteiger partial charge >= 0.3 is 0 Å². The van der Waals surface area contributed by atoms with E-state index in [4.69, 9.17) is 15.2 Å². The molecule has 0 aromatic heterocycles. The van der Waals surface area contributed by atoms with Gasteiger partial charge in [-0.25, -0.2) is 0 Å². The molecule has 26 heavy (non-hydrogen) atoms. The zero-order chi connectivity index (χ0) is 18.5. The molecule has 0 unspecified atom stereocenters. The van der Waals surface area contributed by atoms with Crippen molar-refractivity contribution in [3.05, 3.63) is 53.6 Å². The molecule has 1 aliphatic rings. The molecule has 2 aromatic carbocycles. The molecule has 5 nitrogen and oxygen atoms in total. The second-order valence-corrected chi connectivity index (χ2v) is 6.19. The Hall–Kier alpha value is -2.95. The number of anilines is 2. The van der Waals surface area contributed by atoms with Gasteiger partial charge in [-0.05, 0) is 55.2 Å². The van der Waals surface area contributed by atoms with Crippen molar-refractivity contribution < 1.29 is 14.3 Å². The molecular formula is C21H24N2O3. The van der Waals surface area contributed by atoms with Crippen LogP contribution < -0.4 is 20.1 Å². The van der Waals surface area contributed by atoms with E-state index in [1.807, 2.05) is 55.5 Å². The third kappa shape index (κ3) is 3.67. The number of methoxy groups -OCH3 is 1. The Balaban J connectivity index is 1.73. The van der Waals surface area contributed by atoms with E-state index >= 15 is 0 Å². The molecule has 1 amide bonds. The molecule has 0 atom stereocenters. The maximum atomic E-state index is 12.7. The van der Waals surface area contributed by atoms with Gasteiger partial charge in [-0.2, -0.15) is 0 Å². The summed E-state index contributed by atoms with van der Waals surface area (Å²) in [7, 11) is 1.59. The third-order valence-corrected chi connectivity index (χ3v) is 4.49. The minimum atomic E-state index is -0.0869. The van der Waals surface area contributed by atoms with Crippen LogP contribution >= 0.6 is 0 Å². The standard InChI is InChI=1S/C21H24N2O3/c1-3-6-15-10-11-19(20(13-15)25-2)26-14-21(24)23-12-5-7-16-17(22)8-4-9-18(16)23/h3-4,6,8-11,13H,5,7,12,14,22H2,1-2H3/b6-3+. The van der Waals surface area contributed by atoms with Crippen LogP contribution in [0.1, 0.15) is 24.5 Å². The molecule has 3 rings (SSSR count). The van der Waals surface area contributed by atoms with E-state index < -0.39 is 0 Å². The molecule has 0 saturated carbocycles. The first-order valence-electron chi connectivity index (χ1n) is 8.75. The second kappa shape index (κ2) is 7.95. The van der Waals surface area contributed by atoms with E-state index in [1.54, 1.807) is 12.0 Å². The van der Waals surface area contributed by atoms with Crippen molar-refractivity contribution >= 4 is 23.4 Å². The number of nitrogens with zero attached hydrogens (tertiary/aromatic N) is 1. The summed E-state index contributed by atoms with van der Waals surface area (Å²) in [6.45, 7) is 2.59. The molecule has 0 radical (unpaired) electrons. The summed E-state index contributed by atoms with van der Waals surface area (Å²) in [5.41, 5.74) is 9.74. The fraction of sp³-hybridized carbons (Fsp3) is 0.286. The molecule has 1 aliphatic heterocycles. The van der Waals surface area contributed by atoms with E-state index in [0.29, 0.717) is 18.0 Å². The lowest BCUT2D eigenvalue weighted by molar-refractivity contribution is -0.120. The highest BCUT2D eigenvalue weighted by Gasteiger charge is 2.24. The summed E-state index contributed by atoms with van der Waals surface area (Å²) in [6.07, 6.45) is 5.73. The first-order valence-corrected chi connectivity index (χ1v) is 8.75. The molecule has 5 heteroatoms. The number of allylic oxidation sites excluding steroid dienone is 1. The van der Waals surface area contributed by atoms with E-state index in [2.05, 4.69) is 0 Å². The molecule has 136 valence electrons. The number of nitrogen functional groups attached to an aromatic ring is 1. The Kier molecular flexibility index (Phi) is 5.46. The van der Waals surface area contributed by atoms with Crippen molar-refractivity contribution in [2.24, 2.45) is 0 Å². The third-order valence-electron chi connectivity index (χ3n) is 4.49. The molecule has 0 bridgehead atoms. The molecule has 1 heterocycles. The number of ether oxygens (including phenoxy) is 2. The number of amides is 1. The van der Waals surface area contributed by atoms with Crippen LogP contribution in [0.3, 0.4) is 0 Å². The monoisotopic (exact) mass is 352 g/mol. The maximum absolute atomic E-state index is 12.7. The molecular weight excluding hydrogens is 328 g/mol. The van der Waals surface area contributed by atoms with Crippen LogP contribution in [0.5, 0.6) is 11.5 Å². The molecule has 0 spiro atoms. The highest BCUT2D eigenvalue weighted by atomic mass is 16.5. The first kappa shape index (κ1) is 17.9. The fourth-order valence-electron chi connectivity index (χ4n) is 3.23. The quantitative estimate of drug-likeness (QED) is 0.834. The highest BCUT2D eigenvalue weighted by molar-refractivity contribution is 5.96. The van der Waals surface area contributed by atoms with Crippen LogP contribution in [0.25, 0.3) is 6.08 Å². The zero-order valence-electron chi connectivity index (χ0n) is 15.2. The van der Waals surface area contributed by atoms with Gasteiger partial charge < -0.3 is 20.1 Å². The summed E-state index contributed by atoms with van der Waals surface area (Å²) in [5, 5.41) is 0. The normalized spacial score (nSPS) is 13.5. The summed E-state index contributed by atoms with van der Waals surface area (Å²) >= 11 is 0. The number of hydrogen-bond donors (Lipinski definition) is 1. The van der Waals surface area contributed by atoms with Gasteiger partial charge in [0.1, 0.15) is 0 Å². The van der Waals surface area contributed by atoms with Gasteiger partial charge in [-0.3, -0.25) is 4.79 Å². The van der Waals surface area contributed by atoms with Gasteiger partial charge in [0.2, 0.25) is 0 Å². The van der Waals surface area contributed by atoms with Crippen LogP contribution in [0.4, 0.5) is 11.4 Å². The number of nitrogens with two attached hydrogens (primary N) is 1. The molecule has 0 fully saturated rings. The zero-order valence-corrected chi connectivity index (χ0v) is 15.2. The minimum Gasteiger partial charge on any atom is -0.493 e. The summed E-state index contributed by atoms with van der Waals surface area (Å²) in [4.78, 5) is 14.5. The number of hydrogen-bond acceptors (Lipinski definition) is 4. The Morgan fingerprint density at radius 2 is 2.12 bits per heavy atom. The number of rotatable bonds is 5. The predicted molar refractivity (Wildman–Crippen MR) is 105 cm³/mol. The van der Waals surface area contributed by atoms with Gasteiger partial charge in [0.05, 0.1) is 7.11 Å². The molecule has 0 saturated heterocycles. The number of carbonyl (C=O) groups is 1. The number of carbonyl (C=O) groups excluding carboxylic acids is 1. The van der Waals surface area contributed by atoms with Crippen molar-refractivity contribution in [1.29, 1.82) is 0 Å². The smallest absolute Gasteiger partial charge is 0.264 e. The van der Waals surface area contributed by atoms with Gasteiger partial charge in [0.15, 0.2) is 18.1 Å². The summed E-state index contributed by atoms with van der Waals surface area (Å²) in [6, 6.07) is 11.3. The van der Waals surface area contributed by atoms with Crippen molar-refractivity contribution in [3.8, 4) is 11.5 Å². The first-order chi connectivity index (χ1) is 12.6. The van der Waals surface area contributed by atoms with Gasteiger partial charge in [0.25, 0.3) is 5.91 Å². The second-order valence-electron chi connectivity index (χ2n) is 6.19. The van der Waals surface area contributed by atoms with E-state index in [1.165, 1.54) is 0 Å². The lowest BCUT2D eigenvalue weighted by Crippen LogP contribution is -2.38. The van der Waals surface area contributed by atoms with Crippen LogP contribution in [-0.2, 0) is 11.2 Å². The van der Waals surface area contributed by atoms with Crippen molar-refractivity contribution in [3.63, 3.8) is 0 Å². The molecule has 2 N–H and O–H groups in total. The van der Waals surface area contributed by atoms with Gasteiger partial charge in [-0.15, -0.1) is 0 Å². The summed E-state index contributed by atoms with van der Waals surface area (Å²) < 4.78 is 11.1. The predicted octanol–water partition coefficient (Wildman–Crippen LogP) is 3.67. The fourth-order valence-corrected chi connectivity index (χ4v) is 3.23. The maximum Gasteiger partial charge on any atom is 0.264 e. The summed E-state index contributed by atoms with van der Waals surface area (Å²) in [5.74, 6) is 1.08. The topological polar surface area (TPSA) is 64.8 Å². The molecule has 2 aromatic rings. The van der Waals surface area contributed by atoms with Crippen molar-refractivity contribution in [1.82, 2.24) is 0 Å². The highest BCUT2D eigenvalue weighted by Crippen LogP contribution is 2.32.